The van der Waals surface area contributed by atoms with Gasteiger partial charge in [-0.3, -0.25) is 9.89 Å². The Bertz CT molecular complexity index is 1140. The van der Waals surface area contributed by atoms with Gasteiger partial charge in [-0.2, -0.15) is 5.10 Å². The number of aromatic nitrogens is 2. The van der Waals surface area contributed by atoms with Crippen molar-refractivity contribution in [3.63, 3.8) is 0 Å². The van der Waals surface area contributed by atoms with E-state index in [-0.39, 0.29) is 54.7 Å². The summed E-state index contributed by atoms with van der Waals surface area (Å²) in [4.78, 5) is 14.1. The molecule has 4 rings (SSSR count). The Morgan fingerprint density at radius 2 is 2.03 bits per heavy atom. The molecule has 0 saturated carbocycles. The van der Waals surface area contributed by atoms with Crippen LogP contribution in [0, 0.1) is 18.7 Å². The van der Waals surface area contributed by atoms with Crippen molar-refractivity contribution in [1.82, 2.24) is 15.1 Å². The highest BCUT2D eigenvalue weighted by Crippen LogP contribution is 2.44. The largest absolute Gasteiger partial charge is 0.382 e. The van der Waals surface area contributed by atoms with Crippen LogP contribution in [0.4, 0.5) is 13.2 Å². The fourth-order valence-corrected chi connectivity index (χ4v) is 4.55. The average Bonchev–Trinajstić information content (AvgIpc) is 3.23. The minimum Gasteiger partial charge on any atom is -0.382 e. The summed E-state index contributed by atoms with van der Waals surface area (Å²) >= 11 is 6.04. The van der Waals surface area contributed by atoms with E-state index in [4.69, 9.17) is 11.6 Å². The topological polar surface area (TPSA) is 69.2 Å². The van der Waals surface area contributed by atoms with Crippen molar-refractivity contribution in [2.24, 2.45) is 5.92 Å². The van der Waals surface area contributed by atoms with Crippen LogP contribution >= 0.6 is 11.6 Å². The molecule has 1 amide bonds. The number of H-pyrrole nitrogens is 1. The first-order valence-electron chi connectivity index (χ1n) is 10.4. The molecule has 1 unspecified atom stereocenters. The number of nitrogens with one attached hydrogen (secondary N) is 1. The summed E-state index contributed by atoms with van der Waals surface area (Å²) in [6, 6.07) is 7.40. The maximum atomic E-state index is 15.2. The summed E-state index contributed by atoms with van der Waals surface area (Å²) in [5.41, 5.74) is 1.46. The normalized spacial score (nSPS) is 16.5. The maximum absolute atomic E-state index is 15.2. The van der Waals surface area contributed by atoms with E-state index in [0.717, 1.165) is 0 Å². The molecule has 170 valence electrons. The van der Waals surface area contributed by atoms with Crippen LogP contribution in [0.3, 0.4) is 0 Å². The minimum absolute atomic E-state index is 0.000172. The Morgan fingerprint density at radius 1 is 1.31 bits per heavy atom. The molecule has 0 spiro atoms. The molecule has 1 aliphatic heterocycles. The van der Waals surface area contributed by atoms with Gasteiger partial charge in [0.1, 0.15) is 11.9 Å². The molecule has 32 heavy (non-hydrogen) atoms. The summed E-state index contributed by atoms with van der Waals surface area (Å²) < 4.78 is 43.9. The lowest BCUT2D eigenvalue weighted by Crippen LogP contribution is -2.45. The number of alkyl halides is 2. The number of benzene rings is 2. The number of amides is 1. The van der Waals surface area contributed by atoms with E-state index in [1.54, 1.807) is 30.0 Å². The first-order chi connectivity index (χ1) is 15.2. The maximum Gasteiger partial charge on any atom is 0.280 e. The Hall–Kier alpha value is -2.58. The zero-order valence-corrected chi connectivity index (χ0v) is 18.2. The number of piperidine rings is 1. The fraction of sp³-hybridized carbons (Fsp3) is 0.391. The number of aromatic amines is 1. The van der Waals surface area contributed by atoms with E-state index in [2.05, 4.69) is 10.2 Å². The second kappa shape index (κ2) is 8.75. The summed E-state index contributed by atoms with van der Waals surface area (Å²) in [6.45, 7) is 1.96. The summed E-state index contributed by atoms with van der Waals surface area (Å²) in [7, 11) is 0. The van der Waals surface area contributed by atoms with Gasteiger partial charge in [0, 0.05) is 35.0 Å². The highest BCUT2D eigenvalue weighted by atomic mass is 35.5. The second-order valence-electron chi connectivity index (χ2n) is 8.32. The standard InChI is InChI=1S/C23H23ClF3N3O2/c1-13-8-14(2-3-19(13)25)9-20(31)30-6-4-16(5-7-30)23(26,27)22(32)18-11-17(24)10-15-12-28-29-21(15)18/h2-3,8,10-12,16,22,32H,4-7,9H2,1H3,(H,28,29). The molecule has 5 nitrogen and oxygen atoms in total. The van der Waals surface area contributed by atoms with Gasteiger partial charge in [0.25, 0.3) is 5.92 Å². The average molecular weight is 466 g/mol. The van der Waals surface area contributed by atoms with Crippen LogP contribution in [0.1, 0.15) is 35.6 Å². The number of hydrogen-bond acceptors (Lipinski definition) is 3. The number of aliphatic hydroxyl groups excluding tert-OH is 1. The Balaban J connectivity index is 1.42. The molecule has 3 aromatic rings. The molecule has 9 heteroatoms. The highest BCUT2D eigenvalue weighted by Gasteiger charge is 2.48. The van der Waals surface area contributed by atoms with Crippen molar-refractivity contribution in [2.75, 3.05) is 13.1 Å². The Kier molecular flexibility index (Phi) is 6.18. The van der Waals surface area contributed by atoms with Crippen LogP contribution in [-0.2, 0) is 11.2 Å². The number of aliphatic hydroxyl groups is 1. The van der Waals surface area contributed by atoms with Crippen molar-refractivity contribution < 1.29 is 23.1 Å². The number of nitrogens with zero attached hydrogens (tertiary/aromatic N) is 2. The Morgan fingerprint density at radius 3 is 2.72 bits per heavy atom. The number of halogens is 4. The van der Waals surface area contributed by atoms with Crippen molar-refractivity contribution in [2.45, 2.75) is 38.2 Å². The molecular weight excluding hydrogens is 443 g/mol. The number of carbonyl (C=O) groups excluding carboxylic acids is 1. The molecule has 1 atom stereocenters. The lowest BCUT2D eigenvalue weighted by molar-refractivity contribution is -0.164. The molecule has 0 aliphatic carbocycles. The highest BCUT2D eigenvalue weighted by molar-refractivity contribution is 6.31. The number of rotatable bonds is 5. The van der Waals surface area contributed by atoms with Gasteiger partial charge < -0.3 is 10.0 Å². The van der Waals surface area contributed by atoms with Crippen molar-refractivity contribution in [1.29, 1.82) is 0 Å². The van der Waals surface area contributed by atoms with Crippen LogP contribution < -0.4 is 0 Å². The van der Waals surface area contributed by atoms with Crippen molar-refractivity contribution >= 4 is 28.4 Å². The monoisotopic (exact) mass is 465 g/mol. The van der Waals surface area contributed by atoms with Gasteiger partial charge in [-0.05, 0) is 49.1 Å². The third-order valence-corrected chi connectivity index (χ3v) is 6.39. The lowest BCUT2D eigenvalue weighted by atomic mass is 9.84. The molecule has 1 saturated heterocycles. The van der Waals surface area contributed by atoms with E-state index < -0.39 is 17.9 Å². The summed E-state index contributed by atoms with van der Waals surface area (Å²) in [6.07, 6.45) is -0.387. The lowest BCUT2D eigenvalue weighted by Gasteiger charge is -2.38. The van der Waals surface area contributed by atoms with E-state index in [1.807, 2.05) is 0 Å². The van der Waals surface area contributed by atoms with Crippen LogP contribution in [0.2, 0.25) is 5.02 Å². The zero-order chi connectivity index (χ0) is 23.0. The number of hydrogen-bond donors (Lipinski definition) is 2. The molecule has 1 aliphatic rings. The second-order valence-corrected chi connectivity index (χ2v) is 8.76. The fourth-order valence-electron chi connectivity index (χ4n) is 4.31. The quantitative estimate of drug-likeness (QED) is 0.568. The SMILES string of the molecule is Cc1cc(CC(=O)N2CCC(C(F)(F)C(O)c3cc(Cl)cc4cn[nH]c34)CC2)ccc1F. The van der Waals surface area contributed by atoms with Crippen LogP contribution in [0.25, 0.3) is 10.9 Å². The molecule has 2 N–H and O–H groups in total. The van der Waals surface area contributed by atoms with Crippen LogP contribution in [0.5, 0.6) is 0 Å². The number of aryl methyl sites for hydroxylation is 1. The van der Waals surface area contributed by atoms with Gasteiger partial charge in [-0.15, -0.1) is 0 Å². The van der Waals surface area contributed by atoms with Crippen molar-refractivity contribution in [3.05, 3.63) is 64.1 Å². The van der Waals surface area contributed by atoms with Crippen LogP contribution in [0.15, 0.2) is 36.5 Å². The van der Waals surface area contributed by atoms with Gasteiger partial charge >= 0.3 is 0 Å². The predicted molar refractivity (Wildman–Crippen MR) is 115 cm³/mol. The molecule has 1 fully saturated rings. The van der Waals surface area contributed by atoms with E-state index in [1.165, 1.54) is 18.3 Å². The van der Waals surface area contributed by atoms with Gasteiger partial charge in [-0.1, -0.05) is 23.7 Å². The van der Waals surface area contributed by atoms with Gasteiger partial charge in [-0.25, -0.2) is 13.2 Å². The zero-order valence-electron chi connectivity index (χ0n) is 17.4. The van der Waals surface area contributed by atoms with Gasteiger partial charge in [0.05, 0.1) is 18.1 Å². The van der Waals surface area contributed by atoms with Gasteiger partial charge in [0.15, 0.2) is 0 Å². The summed E-state index contributed by atoms with van der Waals surface area (Å²) in [5, 5.41) is 17.9. The summed E-state index contributed by atoms with van der Waals surface area (Å²) in [5.74, 6) is -5.03. The minimum atomic E-state index is -3.41. The molecule has 2 heterocycles. The smallest absolute Gasteiger partial charge is 0.280 e. The third kappa shape index (κ3) is 4.34. The third-order valence-electron chi connectivity index (χ3n) is 6.17. The Labute approximate surface area is 188 Å². The number of likely N-dealkylation sites (tertiary alicyclic amines) is 1. The van der Waals surface area contributed by atoms with E-state index in [0.29, 0.717) is 22.0 Å². The predicted octanol–water partition coefficient (Wildman–Crippen LogP) is 4.81. The van der Waals surface area contributed by atoms with Crippen molar-refractivity contribution in [3.8, 4) is 0 Å². The molecule has 2 aromatic carbocycles. The molecular formula is C23H23ClF3N3O2. The van der Waals surface area contributed by atoms with Gasteiger partial charge in [0.2, 0.25) is 5.91 Å². The van der Waals surface area contributed by atoms with E-state index >= 15 is 8.78 Å². The number of carbonyl (C=O) groups is 1. The first kappa shape index (κ1) is 22.6. The molecule has 0 radical (unpaired) electrons. The molecule has 0 bridgehead atoms. The number of fused-ring (bicyclic) bond motifs is 1. The van der Waals surface area contributed by atoms with Crippen LogP contribution in [-0.4, -0.2) is 45.1 Å². The molecule has 1 aromatic heterocycles. The first-order valence-corrected chi connectivity index (χ1v) is 10.8. The van der Waals surface area contributed by atoms with E-state index in [9.17, 15) is 14.3 Å².